The molecule has 328 valence electrons. The molecule has 0 saturated carbocycles. The molecule has 0 aromatic carbocycles. The molecule has 0 aliphatic heterocycles. The van der Waals surface area contributed by atoms with Gasteiger partial charge in [0.05, 0.1) is 18.8 Å². The van der Waals surface area contributed by atoms with Crippen LogP contribution in [0.25, 0.3) is 0 Å². The van der Waals surface area contributed by atoms with Crippen LogP contribution in [0.1, 0.15) is 168 Å². The third-order valence-electron chi connectivity index (χ3n) is 9.45. The van der Waals surface area contributed by atoms with E-state index in [4.69, 9.17) is 19.3 Å². The van der Waals surface area contributed by atoms with Gasteiger partial charge in [-0.15, -0.1) is 0 Å². The van der Waals surface area contributed by atoms with Crippen molar-refractivity contribution in [3.8, 4) is 0 Å². The summed E-state index contributed by atoms with van der Waals surface area (Å²) < 4.78 is 26.3. The average molecular weight is 823 g/mol. The van der Waals surface area contributed by atoms with E-state index < -0.39 is 44.7 Å². The lowest BCUT2D eigenvalue weighted by atomic mass is 9.99. The Kier molecular flexibility index (Phi) is 37.1. The summed E-state index contributed by atoms with van der Waals surface area (Å²) in [5.41, 5.74) is 0. The molecule has 0 bridgehead atoms. The summed E-state index contributed by atoms with van der Waals surface area (Å²) in [6, 6.07) is 0. The van der Waals surface area contributed by atoms with Crippen molar-refractivity contribution >= 4 is 19.8 Å². The number of hydrogen-bond donors (Lipinski definition) is 4. The van der Waals surface area contributed by atoms with E-state index in [1.807, 2.05) is 42.5 Å². The monoisotopic (exact) mass is 823 g/mol. The Morgan fingerprint density at radius 1 is 0.632 bits per heavy atom. The molecule has 0 radical (unpaired) electrons. The number of allylic oxidation sites excluding steroid dienone is 8. The summed E-state index contributed by atoms with van der Waals surface area (Å²) in [7, 11) is -4.81. The predicted molar refractivity (Wildman–Crippen MR) is 232 cm³/mol. The maximum Gasteiger partial charge on any atom is 0.469 e. The molecule has 0 aliphatic carbocycles. The van der Waals surface area contributed by atoms with Crippen LogP contribution in [-0.2, 0) is 28.2 Å². The number of rotatable bonds is 38. The number of carbonyl (C=O) groups excluding carboxylic acids is 2. The van der Waals surface area contributed by atoms with Gasteiger partial charge < -0.3 is 29.5 Å². The molecule has 11 heteroatoms. The van der Waals surface area contributed by atoms with Crippen LogP contribution in [0.4, 0.5) is 0 Å². The molecule has 0 amide bonds. The first kappa shape index (κ1) is 54.4. The summed E-state index contributed by atoms with van der Waals surface area (Å²) in [4.78, 5) is 42.9. The molecular formula is C46H79O10P. The van der Waals surface area contributed by atoms with E-state index in [2.05, 4.69) is 25.3 Å². The molecule has 4 N–H and O–H groups in total. The van der Waals surface area contributed by atoms with Crippen molar-refractivity contribution in [2.24, 2.45) is 5.92 Å². The fourth-order valence-corrected chi connectivity index (χ4v) is 6.16. The lowest BCUT2D eigenvalue weighted by Crippen LogP contribution is -2.29. The summed E-state index contributed by atoms with van der Waals surface area (Å²) in [5.74, 6) is -0.200. The van der Waals surface area contributed by atoms with Gasteiger partial charge >= 0.3 is 19.8 Å². The van der Waals surface area contributed by atoms with Crippen molar-refractivity contribution in [2.45, 2.75) is 187 Å². The standard InChI is InChI=1S/C46H79O10P/c1-4-6-25-33-42(47)34-27-21-17-15-18-22-28-35-43(48)36-29-24-31-37-45(49)54-39-44(40-55-57(51,52)53)56-46(50)38-30-23-19-14-12-10-8-7-9-11-13-16-20-26-32-41(3)5-2/h6,17-18,21-22,25,27-29,34-36,41-44,47-48H,4-5,7-16,19-20,23-24,26,30-33,37-40H2,1-3H3,(H2,51,52,53)/b21-17-,22-18-,25-6-,34-27+,35-28+,36-29-/t41?,42-,43-,44-/m1/s1. The second-order valence-corrected chi connectivity index (χ2v) is 16.2. The fraction of sp³-hybridized carbons (Fsp3) is 0.696. The van der Waals surface area contributed by atoms with E-state index in [9.17, 15) is 24.4 Å². The third kappa shape index (κ3) is 41.4. The number of hydrogen-bond acceptors (Lipinski definition) is 8. The molecule has 10 nitrogen and oxygen atoms in total. The van der Waals surface area contributed by atoms with Gasteiger partial charge in [0.2, 0.25) is 0 Å². The van der Waals surface area contributed by atoms with Gasteiger partial charge in [0.15, 0.2) is 6.10 Å². The quantitative estimate of drug-likeness (QED) is 0.0155. The highest BCUT2D eigenvalue weighted by atomic mass is 31.2. The lowest BCUT2D eigenvalue weighted by Gasteiger charge is -2.18. The van der Waals surface area contributed by atoms with Crippen LogP contribution in [0.3, 0.4) is 0 Å². The number of unbranched alkanes of at least 4 members (excludes halogenated alkanes) is 14. The Morgan fingerprint density at radius 3 is 1.77 bits per heavy atom. The Morgan fingerprint density at radius 2 is 1.19 bits per heavy atom. The van der Waals surface area contributed by atoms with Crippen LogP contribution in [0.2, 0.25) is 0 Å². The number of aliphatic hydroxyl groups is 2. The topological polar surface area (TPSA) is 160 Å². The van der Waals surface area contributed by atoms with E-state index >= 15 is 0 Å². The minimum absolute atomic E-state index is 0.0787. The van der Waals surface area contributed by atoms with E-state index in [1.54, 1.807) is 30.4 Å². The summed E-state index contributed by atoms with van der Waals surface area (Å²) in [5, 5.41) is 19.9. The number of phosphoric ester groups is 1. The molecule has 0 saturated heterocycles. The Hall–Kier alpha value is -2.59. The highest BCUT2D eigenvalue weighted by molar-refractivity contribution is 7.46. The second kappa shape index (κ2) is 38.9. The molecule has 0 rings (SSSR count). The second-order valence-electron chi connectivity index (χ2n) is 14.9. The number of phosphoric acid groups is 1. The van der Waals surface area contributed by atoms with Gasteiger partial charge in [-0.1, -0.05) is 190 Å². The number of ether oxygens (including phenoxy) is 2. The zero-order valence-corrected chi connectivity index (χ0v) is 36.5. The molecule has 4 atom stereocenters. The molecule has 0 heterocycles. The summed E-state index contributed by atoms with van der Waals surface area (Å²) >= 11 is 0. The van der Waals surface area contributed by atoms with Gasteiger partial charge in [-0.2, -0.15) is 0 Å². The van der Waals surface area contributed by atoms with Gasteiger partial charge in [-0.05, 0) is 44.4 Å². The summed E-state index contributed by atoms with van der Waals surface area (Å²) in [6.07, 6.45) is 42.7. The SMILES string of the molecule is CC/C=C\C[C@@H](O)/C=C/C=C\C/C=C\C=C\[C@@H](O)/C=C\CCCC(=O)OC[C@H](COP(=O)(O)O)OC(=O)CCCCCCCCCCCCCCCCC(C)CC. The molecule has 0 aromatic heterocycles. The van der Waals surface area contributed by atoms with Crippen molar-refractivity contribution in [2.75, 3.05) is 13.2 Å². The van der Waals surface area contributed by atoms with Crippen molar-refractivity contribution in [3.05, 3.63) is 72.9 Å². The molecule has 0 aliphatic rings. The van der Waals surface area contributed by atoms with E-state index in [0.29, 0.717) is 32.1 Å². The fourth-order valence-electron chi connectivity index (χ4n) is 5.80. The van der Waals surface area contributed by atoms with Crippen LogP contribution in [-0.4, -0.2) is 63.5 Å². The smallest absolute Gasteiger partial charge is 0.462 e. The Bertz CT molecular complexity index is 1200. The number of carbonyl (C=O) groups is 2. The first-order valence-electron chi connectivity index (χ1n) is 21.9. The molecular weight excluding hydrogens is 743 g/mol. The zero-order valence-electron chi connectivity index (χ0n) is 35.6. The van der Waals surface area contributed by atoms with Crippen LogP contribution in [0.5, 0.6) is 0 Å². The van der Waals surface area contributed by atoms with E-state index in [1.165, 1.54) is 77.0 Å². The third-order valence-corrected chi connectivity index (χ3v) is 9.94. The number of esters is 2. The first-order valence-corrected chi connectivity index (χ1v) is 23.4. The highest BCUT2D eigenvalue weighted by Crippen LogP contribution is 2.36. The average Bonchev–Trinajstić information content (AvgIpc) is 3.17. The number of aliphatic hydroxyl groups excluding tert-OH is 2. The highest BCUT2D eigenvalue weighted by Gasteiger charge is 2.23. The van der Waals surface area contributed by atoms with Gasteiger partial charge in [-0.3, -0.25) is 14.1 Å². The zero-order chi connectivity index (χ0) is 42.2. The molecule has 57 heavy (non-hydrogen) atoms. The van der Waals surface area contributed by atoms with Gasteiger partial charge in [0.1, 0.15) is 6.61 Å². The predicted octanol–water partition coefficient (Wildman–Crippen LogP) is 11.3. The van der Waals surface area contributed by atoms with Crippen LogP contribution in [0.15, 0.2) is 72.9 Å². The molecule has 0 aromatic rings. The van der Waals surface area contributed by atoms with Gasteiger partial charge in [0.25, 0.3) is 0 Å². The first-order chi connectivity index (χ1) is 27.5. The maximum atomic E-state index is 12.4. The van der Waals surface area contributed by atoms with E-state index in [-0.39, 0.29) is 19.4 Å². The van der Waals surface area contributed by atoms with E-state index in [0.717, 1.165) is 31.6 Å². The van der Waals surface area contributed by atoms with Crippen LogP contribution in [0, 0.1) is 5.92 Å². The Balaban J connectivity index is 4.15. The van der Waals surface area contributed by atoms with Crippen molar-refractivity contribution in [3.63, 3.8) is 0 Å². The maximum absolute atomic E-state index is 12.4. The summed E-state index contributed by atoms with van der Waals surface area (Å²) in [6.45, 7) is 5.70. The van der Waals surface area contributed by atoms with Gasteiger partial charge in [-0.25, -0.2) is 4.57 Å². The van der Waals surface area contributed by atoms with Crippen molar-refractivity contribution < 1.29 is 48.2 Å². The normalized spacial score (nSPS) is 14.9. The van der Waals surface area contributed by atoms with Gasteiger partial charge in [0, 0.05) is 12.8 Å². The van der Waals surface area contributed by atoms with Crippen LogP contribution < -0.4 is 0 Å². The largest absolute Gasteiger partial charge is 0.469 e. The lowest BCUT2D eigenvalue weighted by molar-refractivity contribution is -0.161. The minimum Gasteiger partial charge on any atom is -0.462 e. The van der Waals surface area contributed by atoms with Crippen molar-refractivity contribution in [1.82, 2.24) is 0 Å². The molecule has 0 spiro atoms. The minimum atomic E-state index is -4.81. The van der Waals surface area contributed by atoms with Crippen LogP contribution >= 0.6 is 7.82 Å². The molecule has 1 unspecified atom stereocenters. The molecule has 0 fully saturated rings. The Labute approximate surface area is 345 Å². The van der Waals surface area contributed by atoms with Crippen molar-refractivity contribution in [1.29, 1.82) is 0 Å².